The van der Waals surface area contributed by atoms with Crippen molar-refractivity contribution in [1.29, 1.82) is 0 Å². The average molecular weight is 181 g/mol. The Morgan fingerprint density at radius 1 is 1.64 bits per heavy atom. The quantitative estimate of drug-likeness (QED) is 0.318. The molecule has 0 aromatic heterocycles. The minimum absolute atomic E-state index is 0.239. The number of carbonyl (C=O) groups is 1. The molecule has 0 spiro atoms. The van der Waals surface area contributed by atoms with Crippen LogP contribution in [0, 0.1) is 0 Å². The topological polar surface area (TPSA) is 78.8 Å². The fourth-order valence-corrected chi connectivity index (χ4v) is 0.516. The van der Waals surface area contributed by atoms with E-state index in [1.807, 2.05) is 5.48 Å². The molecule has 0 saturated carbocycles. The second-order valence-corrected chi connectivity index (χ2v) is 4.32. The maximum atomic E-state index is 10.7. The van der Waals surface area contributed by atoms with E-state index >= 15 is 0 Å². The van der Waals surface area contributed by atoms with E-state index in [9.17, 15) is 4.79 Å². The number of rotatable bonds is 3. The predicted octanol–water partition coefficient (Wildman–Crippen LogP) is -0.280. The van der Waals surface area contributed by atoms with Crippen LogP contribution in [0.4, 0.5) is 0 Å². The van der Waals surface area contributed by atoms with Crippen molar-refractivity contribution in [2.45, 2.75) is 6.92 Å². The van der Waals surface area contributed by atoms with Crippen LogP contribution in [-0.4, -0.2) is 22.4 Å². The summed E-state index contributed by atoms with van der Waals surface area (Å²) in [4.78, 5) is 28.0. The van der Waals surface area contributed by atoms with Gasteiger partial charge in [-0.25, -0.2) is 0 Å². The molecule has 1 amide bonds. The van der Waals surface area contributed by atoms with Crippen LogP contribution in [0.2, 0.25) is 0 Å². The Kier molecular flexibility index (Phi) is 3.62. The summed E-state index contributed by atoms with van der Waals surface area (Å²) in [5.41, 5.74) is 2.08. The Labute approximate surface area is 65.2 Å². The molecular formula is C5H12NO4P. The van der Waals surface area contributed by atoms with Crippen molar-refractivity contribution in [3.63, 3.8) is 0 Å². The zero-order valence-electron chi connectivity index (χ0n) is 6.42. The fourth-order valence-electron chi connectivity index (χ4n) is 0.230. The van der Waals surface area contributed by atoms with Crippen molar-refractivity contribution in [3.8, 4) is 0 Å². The zero-order valence-corrected chi connectivity index (χ0v) is 7.42. The molecule has 11 heavy (non-hydrogen) atoms. The second-order valence-electron chi connectivity index (χ2n) is 2.25. The summed E-state index contributed by atoms with van der Waals surface area (Å²) < 4.78 is 4.24. The van der Waals surface area contributed by atoms with Gasteiger partial charge >= 0.3 is 64.3 Å². The Bertz CT molecular complexity index is 174. The van der Waals surface area contributed by atoms with Crippen LogP contribution in [0.25, 0.3) is 0 Å². The normalized spacial score (nSPS) is 12.4. The third-order valence-corrected chi connectivity index (χ3v) is 1.21. The molecule has 0 rings (SSSR count). The van der Waals surface area contributed by atoms with Gasteiger partial charge in [-0.05, 0) is 0 Å². The van der Waals surface area contributed by atoms with Gasteiger partial charge in [0.25, 0.3) is 0 Å². The third-order valence-electron chi connectivity index (χ3n) is 0.725. The van der Waals surface area contributed by atoms with Gasteiger partial charge in [0.2, 0.25) is 0 Å². The van der Waals surface area contributed by atoms with Gasteiger partial charge in [0.15, 0.2) is 0 Å². The Hall–Kier alpha value is -0.480. The summed E-state index contributed by atoms with van der Waals surface area (Å²) in [6, 6.07) is 0. The van der Waals surface area contributed by atoms with Gasteiger partial charge in [-0.15, -0.1) is 0 Å². The molecule has 0 aliphatic heterocycles. The summed E-state index contributed by atoms with van der Waals surface area (Å²) in [6.07, 6.45) is 0. The summed E-state index contributed by atoms with van der Waals surface area (Å²) in [5, 5.41) is 0. The number of carbonyl (C=O) groups excluding carboxylic acids is 1. The van der Waals surface area contributed by atoms with Gasteiger partial charge in [-0.2, -0.15) is 0 Å². The molecule has 66 valence electrons. The van der Waals surface area contributed by atoms with Crippen LogP contribution in [0.5, 0.6) is 0 Å². The number of hydrogen-bond acceptors (Lipinski definition) is 4. The summed E-state index contributed by atoms with van der Waals surface area (Å²) in [5.74, 6) is -0.563. The van der Waals surface area contributed by atoms with Crippen molar-refractivity contribution >= 4 is 13.9 Å². The molecule has 3 N–H and O–H groups in total. The summed E-state index contributed by atoms with van der Waals surface area (Å²) in [7, 11) is -3.64. The second kappa shape index (κ2) is 3.78. The van der Waals surface area contributed by atoms with Crippen molar-refractivity contribution < 1.29 is 19.2 Å². The summed E-state index contributed by atoms with van der Waals surface area (Å²) in [6.45, 7) is 5.90. The van der Waals surface area contributed by atoms with E-state index in [-0.39, 0.29) is 5.57 Å². The number of hydroxylamine groups is 1. The molecule has 0 unspecified atom stereocenters. The van der Waals surface area contributed by atoms with Gasteiger partial charge in [0.05, 0.1) is 0 Å². The van der Waals surface area contributed by atoms with Crippen LogP contribution in [0.1, 0.15) is 6.92 Å². The van der Waals surface area contributed by atoms with Gasteiger partial charge in [0.1, 0.15) is 0 Å². The minimum atomic E-state index is -3.64. The first-order valence-corrected chi connectivity index (χ1v) is 5.22. The van der Waals surface area contributed by atoms with Crippen molar-refractivity contribution in [3.05, 3.63) is 12.2 Å². The first-order chi connectivity index (χ1) is 4.83. The molecule has 6 heteroatoms. The number of amides is 1. The first kappa shape index (κ1) is 10.5. The van der Waals surface area contributed by atoms with Crippen LogP contribution >= 0.6 is 7.94 Å². The molecule has 0 heterocycles. The molecule has 0 radical (unpaired) electrons. The van der Waals surface area contributed by atoms with Crippen LogP contribution in [0.3, 0.4) is 0 Å². The molecule has 0 saturated heterocycles. The molecule has 0 fully saturated rings. The third kappa shape index (κ3) is 5.94. The van der Waals surface area contributed by atoms with E-state index in [0.29, 0.717) is 0 Å². The van der Waals surface area contributed by atoms with E-state index in [2.05, 4.69) is 11.2 Å². The number of hydrogen-bond donors (Lipinski definition) is 3. The van der Waals surface area contributed by atoms with Gasteiger partial charge in [0, 0.05) is 0 Å². The van der Waals surface area contributed by atoms with Gasteiger partial charge in [-0.1, -0.05) is 0 Å². The molecule has 0 aliphatic carbocycles. The molecule has 0 aromatic carbocycles. The molecular weight excluding hydrogens is 169 g/mol. The maximum absolute atomic E-state index is 10.7. The number of nitrogens with one attached hydrogen (secondary N) is 1. The standard InChI is InChI=1S/C5H12NO4P/c1-4(2)5(7)6-10-11(3,8)9/h8-9,11H,1H2,2-3H3,(H,6,7). The first-order valence-electron chi connectivity index (χ1n) is 2.91. The van der Waals surface area contributed by atoms with E-state index in [4.69, 9.17) is 9.79 Å². The van der Waals surface area contributed by atoms with Crippen molar-refractivity contribution in [2.75, 3.05) is 6.66 Å². The van der Waals surface area contributed by atoms with Crippen molar-refractivity contribution in [2.24, 2.45) is 0 Å². The van der Waals surface area contributed by atoms with E-state index < -0.39 is 13.9 Å². The summed E-state index contributed by atoms with van der Waals surface area (Å²) >= 11 is 0. The monoisotopic (exact) mass is 181 g/mol. The van der Waals surface area contributed by atoms with Crippen molar-refractivity contribution in [1.82, 2.24) is 5.48 Å². The zero-order chi connectivity index (χ0) is 9.07. The van der Waals surface area contributed by atoms with E-state index in [0.717, 1.165) is 6.66 Å². The molecule has 0 aromatic rings. The Morgan fingerprint density at radius 3 is 2.36 bits per heavy atom. The molecule has 5 nitrogen and oxygen atoms in total. The molecule has 0 aliphatic rings. The van der Waals surface area contributed by atoms with Gasteiger partial charge in [-0.3, -0.25) is 0 Å². The Balaban J connectivity index is 3.73. The van der Waals surface area contributed by atoms with Gasteiger partial charge < -0.3 is 0 Å². The molecule has 0 bridgehead atoms. The fraction of sp³-hybridized carbons (Fsp3) is 0.400. The SMILES string of the molecule is C=C(C)C(=O)NO[PH](C)(O)O. The van der Waals surface area contributed by atoms with Crippen LogP contribution in [0.15, 0.2) is 12.2 Å². The van der Waals surface area contributed by atoms with E-state index in [1.165, 1.54) is 6.92 Å². The molecule has 0 atom stereocenters. The average Bonchev–Trinajstić information content (AvgIpc) is 1.80. The van der Waals surface area contributed by atoms with E-state index in [1.54, 1.807) is 0 Å². The van der Waals surface area contributed by atoms with Crippen LogP contribution < -0.4 is 5.48 Å². The van der Waals surface area contributed by atoms with Crippen LogP contribution in [-0.2, 0) is 9.42 Å². The predicted molar refractivity (Wildman–Crippen MR) is 42.7 cm³/mol. The Morgan fingerprint density at radius 2 is 2.09 bits per heavy atom.